The lowest BCUT2D eigenvalue weighted by atomic mass is 10.2. The van der Waals surface area contributed by atoms with Crippen molar-refractivity contribution in [2.45, 2.75) is 103 Å². The van der Waals surface area contributed by atoms with Gasteiger partial charge in [0.1, 0.15) is 56.4 Å². The lowest BCUT2D eigenvalue weighted by Crippen LogP contribution is -2.41. The number of sulfonamides is 3. The molecule has 9 rings (SSSR count). The third-order valence-electron chi connectivity index (χ3n) is 15.8. The maximum atomic E-state index is 13.6. The highest BCUT2D eigenvalue weighted by molar-refractivity contribution is 7.90. The summed E-state index contributed by atoms with van der Waals surface area (Å²) in [7, 11) is -2.62. The van der Waals surface area contributed by atoms with Gasteiger partial charge in [-0.25, -0.2) is 55.2 Å². The molecule has 0 unspecified atom stereocenters. The van der Waals surface area contributed by atoms with Crippen molar-refractivity contribution >= 4 is 41.6 Å². The maximum Gasteiger partial charge on any atom is 0.224 e. The Labute approximate surface area is 579 Å². The fourth-order valence-corrected chi connectivity index (χ4v) is 14.1. The van der Waals surface area contributed by atoms with E-state index in [1.807, 2.05) is 31.2 Å². The highest BCUT2D eigenvalue weighted by Gasteiger charge is 2.39. The summed E-state index contributed by atoms with van der Waals surface area (Å²) >= 11 is 0. The summed E-state index contributed by atoms with van der Waals surface area (Å²) in [5.41, 5.74) is 7.02. The molecule has 4 atom stereocenters. The van der Waals surface area contributed by atoms with Gasteiger partial charge in [-0.3, -0.25) is 9.59 Å². The van der Waals surface area contributed by atoms with E-state index in [4.69, 9.17) is 28.4 Å². The molecule has 0 fully saturated rings. The van der Waals surface area contributed by atoms with Crippen LogP contribution in [0.1, 0.15) is 104 Å². The first-order valence-electron chi connectivity index (χ1n) is 31.1. The van der Waals surface area contributed by atoms with Gasteiger partial charge in [0.25, 0.3) is 0 Å². The summed E-state index contributed by atoms with van der Waals surface area (Å²) < 4.78 is 117. The van der Waals surface area contributed by atoms with Crippen LogP contribution < -0.4 is 28.4 Å². The van der Waals surface area contributed by atoms with E-state index in [0.29, 0.717) is 34.5 Å². The molecule has 0 aliphatic heterocycles. The normalized spacial score (nSPS) is 12.8. The molecule has 0 aliphatic rings. The zero-order valence-corrected chi connectivity index (χ0v) is 59.7. The molecule has 27 heteroatoms. The lowest BCUT2D eigenvalue weighted by molar-refractivity contribution is 0.0971. The average Bonchev–Trinajstić information content (AvgIpc) is 0.815. The second-order valence-corrected chi connectivity index (χ2v) is 29.8. The fourth-order valence-electron chi connectivity index (χ4n) is 9.60. The molecular weight excluding hydrogens is 1330 g/mol. The Morgan fingerprint density at radius 3 is 0.737 bits per heavy atom. The van der Waals surface area contributed by atoms with E-state index in [1.54, 1.807) is 190 Å². The minimum Gasteiger partial charge on any atom is -0.497 e. The highest BCUT2D eigenvalue weighted by Crippen LogP contribution is 2.29. The smallest absolute Gasteiger partial charge is 0.224 e. The van der Waals surface area contributed by atoms with Crippen molar-refractivity contribution in [1.82, 2.24) is 42.8 Å². The van der Waals surface area contributed by atoms with Crippen molar-refractivity contribution in [1.29, 1.82) is 0 Å². The van der Waals surface area contributed by atoms with Crippen LogP contribution in [0.5, 0.6) is 34.5 Å². The van der Waals surface area contributed by atoms with E-state index < -0.39 is 63.5 Å². The number of benzene rings is 6. The number of carbonyl (C=O) groups excluding carboxylic acids is 2. The third-order valence-corrected chi connectivity index (χ3v) is 22.1. The zero-order valence-electron chi connectivity index (χ0n) is 57.3. The number of aliphatic hydroxyl groups excluding tert-OH is 1. The van der Waals surface area contributed by atoms with Gasteiger partial charge in [0, 0.05) is 76.4 Å². The van der Waals surface area contributed by atoms with Crippen molar-refractivity contribution in [3.63, 3.8) is 0 Å². The summed E-state index contributed by atoms with van der Waals surface area (Å²) in [5, 5.41) is 6.91. The number of hydrogen-bond acceptors (Lipinski definition) is 21. The molecule has 0 radical (unpaired) electrons. The first kappa shape index (κ1) is 76.8. The summed E-state index contributed by atoms with van der Waals surface area (Å²) in [6, 6.07) is 42.9. The Balaban J connectivity index is 0.000000209. The van der Waals surface area contributed by atoms with Crippen LogP contribution in [0.4, 0.5) is 0 Å². The standard InChI is InChI=1S/C24H29N3O5S.2C24H27N3O5S/c3*1-17-13-25-24(26-14-17)23(28)18(2)33(29,30)27(15-19-5-9-21(31-3)10-6-19)16-20-7-11-22(32-4)12-8-20/h5-14,18,23,28H,15-16H2,1-4H3;2*5-14,18H,15-16H2,1-4H3/t18-,23-;2*18-/m010/s1. The number of Topliss-reactive ketones (excluding diaryl/α,β-unsaturated/α-hetero) is 2. The van der Waals surface area contributed by atoms with E-state index in [2.05, 4.69) is 29.9 Å². The number of methoxy groups -OCH3 is 6. The van der Waals surface area contributed by atoms with Gasteiger partial charge in [-0.2, -0.15) is 12.9 Å². The molecule has 0 bridgehead atoms. The quantitative estimate of drug-likeness (QED) is 0.0409. The minimum absolute atomic E-state index is 0.0746. The molecule has 524 valence electrons. The summed E-state index contributed by atoms with van der Waals surface area (Å²) in [6.07, 6.45) is 7.70. The maximum absolute atomic E-state index is 13.6. The van der Waals surface area contributed by atoms with Crippen molar-refractivity contribution in [2.24, 2.45) is 0 Å². The van der Waals surface area contributed by atoms with E-state index in [9.17, 15) is 39.9 Å². The predicted molar refractivity (Wildman–Crippen MR) is 375 cm³/mol. The van der Waals surface area contributed by atoms with Gasteiger partial charge in [-0.05, 0) is 164 Å². The number of ether oxygens (including phenoxy) is 6. The van der Waals surface area contributed by atoms with Crippen molar-refractivity contribution in [3.8, 4) is 34.5 Å². The Morgan fingerprint density at radius 1 is 0.343 bits per heavy atom. The molecule has 99 heavy (non-hydrogen) atoms. The van der Waals surface area contributed by atoms with Gasteiger partial charge in [0.2, 0.25) is 41.6 Å². The third kappa shape index (κ3) is 21.2. The molecule has 0 aliphatic carbocycles. The van der Waals surface area contributed by atoms with E-state index in [1.165, 1.54) is 58.5 Å². The summed E-state index contributed by atoms with van der Waals surface area (Å²) in [6.45, 7) is 10.2. The number of aryl methyl sites for hydroxylation is 3. The molecule has 3 aromatic heterocycles. The number of carbonyl (C=O) groups is 2. The van der Waals surface area contributed by atoms with Crippen LogP contribution in [0.25, 0.3) is 0 Å². The number of hydrogen-bond donors (Lipinski definition) is 1. The first-order chi connectivity index (χ1) is 47.2. The highest BCUT2D eigenvalue weighted by atomic mass is 32.2. The Morgan fingerprint density at radius 2 is 0.535 bits per heavy atom. The SMILES string of the molecule is COc1ccc(CN(Cc2ccc(OC)cc2)S(=O)(=O)[C@@H](C)C(=O)c2ncc(C)cn2)cc1.COc1ccc(CN(Cc2ccc(OC)cc2)S(=O)(=O)[C@@H](C)[C@H](O)c2ncc(C)cn2)cc1.COc1ccc(CN(Cc2ccc(OC)cc2)S(=O)(=O)[C@H](C)C(=O)c2ncc(C)cn2)cc1. The Kier molecular flexibility index (Phi) is 27.7. The molecule has 0 spiro atoms. The lowest BCUT2D eigenvalue weighted by Gasteiger charge is -2.28. The Hall–Kier alpha value is -9.61. The van der Waals surface area contributed by atoms with E-state index in [0.717, 1.165) is 50.1 Å². The molecule has 0 saturated carbocycles. The van der Waals surface area contributed by atoms with E-state index in [-0.39, 0.29) is 56.7 Å². The molecule has 24 nitrogen and oxygen atoms in total. The molecule has 0 saturated heterocycles. The van der Waals surface area contributed by atoms with E-state index >= 15 is 0 Å². The number of nitrogens with zero attached hydrogens (tertiary/aromatic N) is 9. The van der Waals surface area contributed by atoms with Crippen LogP contribution in [0.2, 0.25) is 0 Å². The second-order valence-electron chi connectivity index (χ2n) is 23.0. The molecule has 0 amide bonds. The number of rotatable bonds is 30. The van der Waals surface area contributed by atoms with Crippen LogP contribution in [0, 0.1) is 20.8 Å². The second kappa shape index (κ2) is 35.8. The predicted octanol–water partition coefficient (Wildman–Crippen LogP) is 10.1. The number of aliphatic hydroxyl groups is 1. The molecule has 1 N–H and O–H groups in total. The average molecular weight is 1410 g/mol. The van der Waals surface area contributed by atoms with Gasteiger partial charge in [0.15, 0.2) is 17.5 Å². The molecule has 9 aromatic rings. The fraction of sp³-hybridized carbons (Fsp3) is 0.306. The van der Waals surface area contributed by atoms with Crippen LogP contribution in [-0.4, -0.2) is 143 Å². The van der Waals surface area contributed by atoms with Crippen molar-refractivity contribution in [2.75, 3.05) is 42.7 Å². The van der Waals surface area contributed by atoms with Crippen LogP contribution in [-0.2, 0) is 69.3 Å². The van der Waals surface area contributed by atoms with Crippen LogP contribution in [0.15, 0.2) is 183 Å². The largest absolute Gasteiger partial charge is 0.497 e. The van der Waals surface area contributed by atoms with Crippen LogP contribution >= 0.6 is 0 Å². The Bertz CT molecular complexity index is 4060. The first-order valence-corrected chi connectivity index (χ1v) is 35.6. The van der Waals surface area contributed by atoms with Gasteiger partial charge in [-0.15, -0.1) is 0 Å². The molecule has 6 aromatic carbocycles. The molecule has 3 heterocycles. The molecular formula is C72H83N9O15S3. The summed E-state index contributed by atoms with van der Waals surface area (Å²) in [4.78, 5) is 50.1. The van der Waals surface area contributed by atoms with Gasteiger partial charge in [-0.1, -0.05) is 72.8 Å². The van der Waals surface area contributed by atoms with Crippen molar-refractivity contribution in [3.05, 3.63) is 250 Å². The minimum atomic E-state index is -4.05. The van der Waals surface area contributed by atoms with Gasteiger partial charge >= 0.3 is 0 Å². The van der Waals surface area contributed by atoms with Crippen molar-refractivity contribution < 1.29 is 68.4 Å². The number of ketones is 2. The number of aromatic nitrogens is 6. The zero-order chi connectivity index (χ0) is 72.0. The van der Waals surface area contributed by atoms with Gasteiger partial charge in [0.05, 0.1) is 42.7 Å². The summed E-state index contributed by atoms with van der Waals surface area (Å²) in [5.74, 6) is 2.58. The topological polar surface area (TPSA) is 299 Å². The monoisotopic (exact) mass is 1410 g/mol. The van der Waals surface area contributed by atoms with Crippen LogP contribution in [0.3, 0.4) is 0 Å². The van der Waals surface area contributed by atoms with Gasteiger partial charge < -0.3 is 33.5 Å².